The van der Waals surface area contributed by atoms with Crippen molar-refractivity contribution >= 4 is 47.2 Å². The van der Waals surface area contributed by atoms with Crippen molar-refractivity contribution in [3.05, 3.63) is 73.2 Å². The van der Waals surface area contributed by atoms with Crippen molar-refractivity contribution in [1.29, 1.82) is 0 Å². The fourth-order valence-electron chi connectivity index (χ4n) is 4.48. The molecule has 3 heterocycles. The molecule has 1 amide bonds. The SMILES string of the molecule is CC(C)(C)OC(=O)N(c1ccc(-c2cnn(C(=O)OC(C)(C)C)c2)cc1)c1ccnc(-c2ccc3cc(P(C)(C)=O)[nH]c3c2)n1. The van der Waals surface area contributed by atoms with E-state index < -0.39 is 30.5 Å². The Morgan fingerprint density at radius 2 is 1.53 bits per heavy atom. The van der Waals surface area contributed by atoms with Crippen molar-refractivity contribution in [2.45, 2.75) is 52.7 Å². The van der Waals surface area contributed by atoms with Gasteiger partial charge in [-0.2, -0.15) is 9.78 Å². The van der Waals surface area contributed by atoms with Crippen LogP contribution in [0.1, 0.15) is 41.5 Å². The minimum Gasteiger partial charge on any atom is -0.443 e. The minimum absolute atomic E-state index is 0.318. The van der Waals surface area contributed by atoms with Gasteiger partial charge in [0.25, 0.3) is 0 Å². The number of hydrogen-bond acceptors (Lipinski definition) is 8. The summed E-state index contributed by atoms with van der Waals surface area (Å²) < 4.78 is 24.9. The van der Waals surface area contributed by atoms with Crippen molar-refractivity contribution in [2.24, 2.45) is 0 Å². The Hall–Kier alpha value is -4.76. The molecule has 0 aliphatic carbocycles. The number of nitrogens with zero attached hydrogens (tertiary/aromatic N) is 5. The van der Waals surface area contributed by atoms with Gasteiger partial charge in [-0.15, -0.1) is 0 Å². The summed E-state index contributed by atoms with van der Waals surface area (Å²) in [5.41, 5.74) is 2.83. The van der Waals surface area contributed by atoms with Crippen molar-refractivity contribution in [1.82, 2.24) is 24.7 Å². The van der Waals surface area contributed by atoms with Crippen LogP contribution in [0, 0.1) is 0 Å². The highest BCUT2D eigenvalue weighted by Crippen LogP contribution is 2.36. The number of ether oxygens (including phenoxy) is 2. The van der Waals surface area contributed by atoms with E-state index in [-0.39, 0.29) is 0 Å². The number of carbonyl (C=O) groups excluding carboxylic acids is 2. The Morgan fingerprint density at radius 1 is 0.867 bits per heavy atom. The van der Waals surface area contributed by atoms with E-state index >= 15 is 0 Å². The maximum Gasteiger partial charge on any atom is 0.435 e. The number of hydrogen-bond donors (Lipinski definition) is 1. The number of H-pyrrole nitrogens is 1. The molecule has 0 radical (unpaired) electrons. The summed E-state index contributed by atoms with van der Waals surface area (Å²) in [7, 11) is -2.47. The zero-order valence-corrected chi connectivity index (χ0v) is 27.5. The largest absolute Gasteiger partial charge is 0.443 e. The second kappa shape index (κ2) is 11.6. The smallest absolute Gasteiger partial charge is 0.435 e. The van der Waals surface area contributed by atoms with Gasteiger partial charge in [0, 0.05) is 34.4 Å². The van der Waals surface area contributed by atoms with Crippen LogP contribution in [0.3, 0.4) is 0 Å². The Labute approximate surface area is 262 Å². The molecule has 1 N–H and O–H groups in total. The number of benzene rings is 2. The predicted molar refractivity (Wildman–Crippen MR) is 176 cm³/mol. The molecule has 5 rings (SSSR count). The van der Waals surface area contributed by atoms with Crippen LogP contribution in [-0.2, 0) is 14.0 Å². The Morgan fingerprint density at radius 3 is 2.18 bits per heavy atom. The van der Waals surface area contributed by atoms with Crippen molar-refractivity contribution in [2.75, 3.05) is 18.2 Å². The van der Waals surface area contributed by atoms with Crippen LogP contribution in [0.2, 0.25) is 0 Å². The Kier molecular flexibility index (Phi) is 8.18. The molecule has 0 atom stereocenters. The third kappa shape index (κ3) is 7.49. The van der Waals surface area contributed by atoms with Crippen molar-refractivity contribution < 1.29 is 23.6 Å². The molecule has 0 saturated carbocycles. The zero-order valence-electron chi connectivity index (χ0n) is 26.7. The first-order chi connectivity index (χ1) is 21.0. The molecule has 5 aromatic rings. The highest BCUT2D eigenvalue weighted by molar-refractivity contribution is 7.69. The molecule has 12 heteroatoms. The molecule has 0 aliphatic rings. The normalized spacial score (nSPS) is 12.3. The number of fused-ring (bicyclic) bond motifs is 1. The molecule has 0 saturated heterocycles. The van der Waals surface area contributed by atoms with Gasteiger partial charge in [0.2, 0.25) is 0 Å². The third-order valence-electron chi connectivity index (χ3n) is 6.51. The number of rotatable bonds is 5. The molecule has 0 fully saturated rings. The topological polar surface area (TPSA) is 132 Å². The Bertz CT molecular complexity index is 1930. The summed E-state index contributed by atoms with van der Waals surface area (Å²) in [5.74, 6) is 0.722. The molecule has 0 aliphatic heterocycles. The molecule has 0 spiro atoms. The van der Waals surface area contributed by atoms with Gasteiger partial charge in [-0.1, -0.05) is 24.3 Å². The van der Waals surface area contributed by atoms with Gasteiger partial charge in [0.05, 0.1) is 17.3 Å². The van der Waals surface area contributed by atoms with Crippen LogP contribution in [-0.4, -0.2) is 61.5 Å². The highest BCUT2D eigenvalue weighted by atomic mass is 31.2. The number of carbonyl (C=O) groups is 2. The number of anilines is 2. The zero-order chi connectivity index (χ0) is 32.7. The minimum atomic E-state index is -2.47. The van der Waals surface area contributed by atoms with E-state index in [1.165, 1.54) is 4.90 Å². The molecular formula is C33H37N6O5P. The fourth-order valence-corrected chi connectivity index (χ4v) is 5.32. The van der Waals surface area contributed by atoms with E-state index in [4.69, 9.17) is 14.5 Å². The standard InChI is InChI=1S/C33H37N6O5P/c1-32(2,3)43-30(40)38-20-24(19-35-38)21-11-13-25(14-12-21)39(31(41)44-33(4,5)6)27-15-16-34-29(37-27)23-10-9-22-18-28(45(7,8)42)36-26(22)17-23/h9-20,36H,1-8H3. The van der Waals surface area contributed by atoms with E-state index in [1.54, 1.807) is 91.7 Å². The van der Waals surface area contributed by atoms with Gasteiger partial charge in [-0.25, -0.2) is 24.5 Å². The van der Waals surface area contributed by atoms with Crippen LogP contribution < -0.4 is 10.3 Å². The monoisotopic (exact) mass is 628 g/mol. The van der Waals surface area contributed by atoms with Crippen LogP contribution in [0.5, 0.6) is 0 Å². The molecule has 234 valence electrons. The lowest BCUT2D eigenvalue weighted by Gasteiger charge is -2.27. The van der Waals surface area contributed by atoms with Crippen LogP contribution in [0.4, 0.5) is 21.1 Å². The molecule has 0 unspecified atom stereocenters. The molecule has 11 nitrogen and oxygen atoms in total. The quantitative estimate of drug-likeness (QED) is 0.197. The molecule has 0 bridgehead atoms. The van der Waals surface area contributed by atoms with Crippen molar-refractivity contribution in [3.8, 4) is 22.5 Å². The second-order valence-corrected chi connectivity index (χ2v) is 16.2. The molecular weight excluding hydrogens is 591 g/mol. The summed E-state index contributed by atoms with van der Waals surface area (Å²) in [5, 5.41) is 5.08. The number of aromatic nitrogens is 5. The van der Waals surface area contributed by atoms with Crippen molar-refractivity contribution in [3.63, 3.8) is 0 Å². The van der Waals surface area contributed by atoms with Crippen LogP contribution >= 0.6 is 7.14 Å². The van der Waals surface area contributed by atoms with E-state index in [2.05, 4.69) is 15.1 Å². The molecule has 2 aromatic carbocycles. The van der Waals surface area contributed by atoms with E-state index in [0.717, 1.165) is 26.7 Å². The summed E-state index contributed by atoms with van der Waals surface area (Å²) in [6.45, 7) is 14.2. The van der Waals surface area contributed by atoms with Gasteiger partial charge in [-0.05, 0) is 90.8 Å². The number of nitrogens with one attached hydrogen (secondary N) is 1. The van der Waals surface area contributed by atoms with Gasteiger partial charge in [0.1, 0.15) is 24.2 Å². The maximum atomic E-state index is 13.6. The lowest BCUT2D eigenvalue weighted by molar-refractivity contribution is 0.0513. The third-order valence-corrected chi connectivity index (χ3v) is 7.92. The predicted octanol–water partition coefficient (Wildman–Crippen LogP) is 7.59. The lowest BCUT2D eigenvalue weighted by atomic mass is 10.1. The Balaban J connectivity index is 1.48. The van der Waals surface area contributed by atoms with Gasteiger partial charge >= 0.3 is 12.2 Å². The first-order valence-electron chi connectivity index (χ1n) is 14.4. The highest BCUT2D eigenvalue weighted by Gasteiger charge is 2.27. The van der Waals surface area contributed by atoms with Crippen LogP contribution in [0.25, 0.3) is 33.4 Å². The average molecular weight is 629 g/mol. The maximum absolute atomic E-state index is 13.6. The average Bonchev–Trinajstić information content (AvgIpc) is 3.60. The fraction of sp³-hybridized carbons (Fsp3) is 0.303. The van der Waals surface area contributed by atoms with E-state index in [0.29, 0.717) is 28.3 Å². The lowest BCUT2D eigenvalue weighted by Crippen LogP contribution is -2.34. The second-order valence-electron chi connectivity index (χ2n) is 13.1. The molecule has 3 aromatic heterocycles. The van der Waals surface area contributed by atoms with Gasteiger partial charge in [-0.3, -0.25) is 0 Å². The summed E-state index contributed by atoms with van der Waals surface area (Å²) >= 11 is 0. The number of aromatic amines is 1. The van der Waals surface area contributed by atoms with Crippen LogP contribution in [0.15, 0.2) is 73.2 Å². The van der Waals surface area contributed by atoms with Gasteiger partial charge in [0.15, 0.2) is 5.82 Å². The summed E-state index contributed by atoms with van der Waals surface area (Å²) in [4.78, 5) is 39.9. The van der Waals surface area contributed by atoms with Gasteiger partial charge < -0.3 is 19.0 Å². The summed E-state index contributed by atoms with van der Waals surface area (Å²) in [6, 6.07) is 16.4. The molecule has 45 heavy (non-hydrogen) atoms. The first-order valence-corrected chi connectivity index (χ1v) is 17.0. The number of amides is 1. The summed E-state index contributed by atoms with van der Waals surface area (Å²) in [6.07, 6.45) is 3.57. The first kappa shape index (κ1) is 31.7. The van der Waals surface area contributed by atoms with E-state index in [1.807, 2.05) is 36.4 Å². The van der Waals surface area contributed by atoms with E-state index in [9.17, 15) is 14.2 Å².